The van der Waals surface area contributed by atoms with Crippen molar-refractivity contribution >= 4 is 18.1 Å². The first-order valence-electron chi connectivity index (χ1n) is 6.85. The number of carbonyl (C=O) groups is 2. The van der Waals surface area contributed by atoms with E-state index >= 15 is 0 Å². The average molecular weight is 293 g/mol. The predicted molar refractivity (Wildman–Crippen MR) is 82.3 cm³/mol. The Morgan fingerprint density at radius 2 is 1.90 bits per heavy atom. The van der Waals surface area contributed by atoms with E-state index in [2.05, 4.69) is 5.32 Å². The summed E-state index contributed by atoms with van der Waals surface area (Å²) in [6.45, 7) is 9.37. The molecule has 0 unspecified atom stereocenters. The Labute approximate surface area is 125 Å². The SMILES string of the molecule is COc1cc(C(C)C)c(NC(=O)OC(C)(C)C)cc1C=O. The van der Waals surface area contributed by atoms with Gasteiger partial charge in [-0.05, 0) is 44.4 Å². The van der Waals surface area contributed by atoms with Crippen LogP contribution in [0.2, 0.25) is 0 Å². The molecule has 5 nitrogen and oxygen atoms in total. The van der Waals surface area contributed by atoms with E-state index in [1.807, 2.05) is 13.8 Å². The molecule has 0 saturated heterocycles. The highest BCUT2D eigenvalue weighted by molar-refractivity contribution is 5.90. The molecule has 0 saturated carbocycles. The minimum atomic E-state index is -0.581. The van der Waals surface area contributed by atoms with Gasteiger partial charge in [0.2, 0.25) is 0 Å². The Kier molecular flexibility index (Phi) is 5.35. The van der Waals surface area contributed by atoms with E-state index < -0.39 is 11.7 Å². The van der Waals surface area contributed by atoms with Crippen molar-refractivity contribution in [2.45, 2.75) is 46.1 Å². The Morgan fingerprint density at radius 1 is 1.29 bits per heavy atom. The van der Waals surface area contributed by atoms with Gasteiger partial charge >= 0.3 is 6.09 Å². The maximum Gasteiger partial charge on any atom is 0.412 e. The number of aldehydes is 1. The largest absolute Gasteiger partial charge is 0.496 e. The third-order valence-electron chi connectivity index (χ3n) is 2.79. The second-order valence-corrected chi connectivity index (χ2v) is 6.08. The van der Waals surface area contributed by atoms with Gasteiger partial charge < -0.3 is 9.47 Å². The molecule has 0 aliphatic heterocycles. The quantitative estimate of drug-likeness (QED) is 0.853. The summed E-state index contributed by atoms with van der Waals surface area (Å²) in [6, 6.07) is 3.37. The summed E-state index contributed by atoms with van der Waals surface area (Å²) >= 11 is 0. The van der Waals surface area contributed by atoms with Crippen LogP contribution in [0.25, 0.3) is 0 Å². The molecule has 1 aromatic rings. The number of amides is 1. The smallest absolute Gasteiger partial charge is 0.412 e. The van der Waals surface area contributed by atoms with Crippen LogP contribution < -0.4 is 10.1 Å². The number of hydrogen-bond acceptors (Lipinski definition) is 4. The predicted octanol–water partition coefficient (Wildman–Crippen LogP) is 3.98. The topological polar surface area (TPSA) is 64.6 Å². The summed E-state index contributed by atoms with van der Waals surface area (Å²) in [6.07, 6.45) is 0.148. The van der Waals surface area contributed by atoms with Crippen molar-refractivity contribution in [3.63, 3.8) is 0 Å². The van der Waals surface area contributed by atoms with Crippen LogP contribution >= 0.6 is 0 Å². The van der Waals surface area contributed by atoms with Gasteiger partial charge in [0.25, 0.3) is 0 Å². The maximum atomic E-state index is 11.9. The molecule has 1 rings (SSSR count). The van der Waals surface area contributed by atoms with E-state index in [1.54, 1.807) is 32.9 Å². The zero-order valence-corrected chi connectivity index (χ0v) is 13.4. The summed E-state index contributed by atoms with van der Waals surface area (Å²) in [7, 11) is 1.51. The Morgan fingerprint density at radius 3 is 2.33 bits per heavy atom. The third kappa shape index (κ3) is 4.77. The molecule has 0 spiro atoms. The Hall–Kier alpha value is -2.04. The molecule has 21 heavy (non-hydrogen) atoms. The van der Waals surface area contributed by atoms with Crippen molar-refractivity contribution < 1.29 is 19.1 Å². The highest BCUT2D eigenvalue weighted by atomic mass is 16.6. The standard InChI is InChI=1S/C16H23NO4/c1-10(2)12-8-14(20-6)11(9-18)7-13(12)17-15(19)21-16(3,4)5/h7-10H,1-6H3,(H,17,19). The minimum absolute atomic E-state index is 0.157. The van der Waals surface area contributed by atoms with Crippen LogP contribution in [0.4, 0.5) is 10.5 Å². The third-order valence-corrected chi connectivity index (χ3v) is 2.79. The van der Waals surface area contributed by atoms with E-state index in [1.165, 1.54) is 7.11 Å². The molecular formula is C16H23NO4. The number of ether oxygens (including phenoxy) is 2. The monoisotopic (exact) mass is 293 g/mol. The van der Waals surface area contributed by atoms with Gasteiger partial charge in [-0.15, -0.1) is 0 Å². The van der Waals surface area contributed by atoms with Gasteiger partial charge in [0.15, 0.2) is 6.29 Å². The Balaban J connectivity index is 3.15. The number of nitrogens with one attached hydrogen (secondary N) is 1. The molecule has 0 heterocycles. The molecule has 5 heteroatoms. The number of hydrogen-bond donors (Lipinski definition) is 1. The summed E-state index contributed by atoms with van der Waals surface area (Å²) in [5, 5.41) is 2.70. The number of anilines is 1. The van der Waals surface area contributed by atoms with Gasteiger partial charge in [-0.2, -0.15) is 0 Å². The lowest BCUT2D eigenvalue weighted by molar-refractivity contribution is 0.0635. The lowest BCUT2D eigenvalue weighted by Crippen LogP contribution is -2.27. The van der Waals surface area contributed by atoms with Gasteiger partial charge in [-0.25, -0.2) is 4.79 Å². The van der Waals surface area contributed by atoms with Gasteiger partial charge in [-0.3, -0.25) is 10.1 Å². The number of carbonyl (C=O) groups excluding carboxylic acids is 2. The molecule has 0 aliphatic rings. The van der Waals surface area contributed by atoms with Crippen molar-refractivity contribution in [2.24, 2.45) is 0 Å². The molecule has 0 fully saturated rings. The first-order chi connectivity index (χ1) is 9.67. The van der Waals surface area contributed by atoms with Crippen molar-refractivity contribution in [1.82, 2.24) is 0 Å². The normalized spacial score (nSPS) is 11.2. The molecule has 116 valence electrons. The van der Waals surface area contributed by atoms with Gasteiger partial charge in [-0.1, -0.05) is 13.8 Å². The van der Waals surface area contributed by atoms with Gasteiger partial charge in [0.05, 0.1) is 12.7 Å². The van der Waals surface area contributed by atoms with Crippen LogP contribution in [0.3, 0.4) is 0 Å². The van der Waals surface area contributed by atoms with Crippen molar-refractivity contribution in [3.8, 4) is 5.75 Å². The van der Waals surface area contributed by atoms with Crippen LogP contribution in [-0.4, -0.2) is 25.1 Å². The van der Waals surface area contributed by atoms with E-state index in [-0.39, 0.29) is 5.92 Å². The van der Waals surface area contributed by atoms with Crippen molar-refractivity contribution in [2.75, 3.05) is 12.4 Å². The summed E-state index contributed by atoms with van der Waals surface area (Å²) in [5.41, 5.74) is 1.24. The van der Waals surface area contributed by atoms with Gasteiger partial charge in [0.1, 0.15) is 11.4 Å². The zero-order chi connectivity index (χ0) is 16.2. The lowest BCUT2D eigenvalue weighted by atomic mass is 9.98. The van der Waals surface area contributed by atoms with E-state index in [0.29, 0.717) is 23.3 Å². The van der Waals surface area contributed by atoms with Gasteiger partial charge in [0, 0.05) is 5.69 Å². The molecular weight excluding hydrogens is 270 g/mol. The molecule has 0 bridgehead atoms. The molecule has 0 aromatic heterocycles. The summed E-state index contributed by atoms with van der Waals surface area (Å²) < 4.78 is 10.4. The first kappa shape index (κ1) is 17.0. The second kappa shape index (κ2) is 6.61. The fraction of sp³-hybridized carbons (Fsp3) is 0.500. The second-order valence-electron chi connectivity index (χ2n) is 6.08. The first-order valence-corrected chi connectivity index (χ1v) is 6.85. The average Bonchev–Trinajstić information content (AvgIpc) is 2.35. The molecule has 0 radical (unpaired) electrons. The highest BCUT2D eigenvalue weighted by Crippen LogP contribution is 2.31. The van der Waals surface area contributed by atoms with E-state index in [9.17, 15) is 9.59 Å². The summed E-state index contributed by atoms with van der Waals surface area (Å²) in [4.78, 5) is 23.0. The van der Waals surface area contributed by atoms with Crippen LogP contribution in [0.5, 0.6) is 5.75 Å². The molecule has 0 aliphatic carbocycles. The number of methoxy groups -OCH3 is 1. The molecule has 1 N–H and O–H groups in total. The zero-order valence-electron chi connectivity index (χ0n) is 13.4. The molecule has 0 atom stereocenters. The van der Waals surface area contributed by atoms with Crippen molar-refractivity contribution in [1.29, 1.82) is 0 Å². The lowest BCUT2D eigenvalue weighted by Gasteiger charge is -2.21. The Bertz CT molecular complexity index is 530. The van der Waals surface area contributed by atoms with E-state index in [0.717, 1.165) is 5.56 Å². The fourth-order valence-electron chi connectivity index (χ4n) is 1.88. The van der Waals surface area contributed by atoms with Crippen molar-refractivity contribution in [3.05, 3.63) is 23.3 Å². The number of rotatable bonds is 4. The maximum absolute atomic E-state index is 11.9. The van der Waals surface area contributed by atoms with Crippen LogP contribution in [-0.2, 0) is 4.74 Å². The molecule has 1 aromatic carbocycles. The fourth-order valence-corrected chi connectivity index (χ4v) is 1.88. The van der Waals surface area contributed by atoms with Crippen LogP contribution in [0.15, 0.2) is 12.1 Å². The van der Waals surface area contributed by atoms with Crippen LogP contribution in [0.1, 0.15) is 56.5 Å². The summed E-state index contributed by atoms with van der Waals surface area (Å²) in [5.74, 6) is 0.646. The minimum Gasteiger partial charge on any atom is -0.496 e. The van der Waals surface area contributed by atoms with Crippen LogP contribution in [0, 0.1) is 0 Å². The number of benzene rings is 1. The van der Waals surface area contributed by atoms with E-state index in [4.69, 9.17) is 9.47 Å². The highest BCUT2D eigenvalue weighted by Gasteiger charge is 2.19. The molecule has 1 amide bonds.